The molecule has 0 saturated carbocycles. The van der Waals surface area contributed by atoms with E-state index in [0.717, 1.165) is 48.6 Å². The molecule has 2 heterocycles. The van der Waals surface area contributed by atoms with Crippen molar-refractivity contribution in [3.63, 3.8) is 0 Å². The number of carbonyl (C=O) groups excluding carboxylic acids is 1. The number of rotatable bonds is 5. The first-order valence-corrected chi connectivity index (χ1v) is 9.29. The third-order valence-corrected chi connectivity index (χ3v) is 4.75. The molecule has 0 radical (unpaired) electrons. The molecule has 0 aliphatic carbocycles. The highest BCUT2D eigenvalue weighted by Gasteiger charge is 2.13. The van der Waals surface area contributed by atoms with Crippen molar-refractivity contribution in [3.8, 4) is 5.69 Å². The molecule has 4 rings (SSSR count). The first-order valence-electron chi connectivity index (χ1n) is 9.29. The van der Waals surface area contributed by atoms with Gasteiger partial charge in [-0.3, -0.25) is 9.36 Å². The number of aromatic nitrogens is 2. The van der Waals surface area contributed by atoms with E-state index < -0.39 is 0 Å². The van der Waals surface area contributed by atoms with Gasteiger partial charge in [-0.25, -0.2) is 4.98 Å². The van der Waals surface area contributed by atoms with Crippen molar-refractivity contribution >= 4 is 22.7 Å². The van der Waals surface area contributed by atoms with Gasteiger partial charge in [0.15, 0.2) is 0 Å². The van der Waals surface area contributed by atoms with E-state index >= 15 is 0 Å². The number of anilines is 1. The fraction of sp³-hybridized carbons (Fsp3) is 0.333. The molecule has 1 aliphatic rings. The molecular weight excluding hydrogens is 342 g/mol. The lowest BCUT2D eigenvalue weighted by Crippen LogP contribution is -2.36. The van der Waals surface area contributed by atoms with Crippen LogP contribution in [-0.2, 0) is 20.7 Å². The number of ether oxygens (including phenoxy) is 2. The Morgan fingerprint density at radius 1 is 1.15 bits per heavy atom. The monoisotopic (exact) mass is 365 g/mol. The van der Waals surface area contributed by atoms with Gasteiger partial charge in [0, 0.05) is 24.5 Å². The summed E-state index contributed by atoms with van der Waals surface area (Å²) in [5.74, 6) is -0.213. The first kappa shape index (κ1) is 17.5. The lowest BCUT2D eigenvalue weighted by molar-refractivity contribution is -0.142. The summed E-state index contributed by atoms with van der Waals surface area (Å²) in [6, 6.07) is 14.4. The van der Waals surface area contributed by atoms with Crippen molar-refractivity contribution in [2.24, 2.45) is 0 Å². The predicted octanol–water partition coefficient (Wildman–Crippen LogP) is 2.97. The Labute approximate surface area is 158 Å². The molecule has 0 unspecified atom stereocenters. The maximum absolute atomic E-state index is 11.7. The zero-order valence-electron chi connectivity index (χ0n) is 15.4. The number of morpholine rings is 1. The quantitative estimate of drug-likeness (QED) is 0.651. The van der Waals surface area contributed by atoms with Crippen LogP contribution in [0.4, 0.5) is 5.69 Å². The van der Waals surface area contributed by atoms with Gasteiger partial charge in [0.05, 0.1) is 37.3 Å². The molecule has 140 valence electrons. The number of nitrogens with zero attached hydrogens (tertiary/aromatic N) is 3. The molecule has 6 heteroatoms. The van der Waals surface area contributed by atoms with E-state index in [-0.39, 0.29) is 12.4 Å². The number of hydrogen-bond acceptors (Lipinski definition) is 5. The maximum atomic E-state index is 11.7. The van der Waals surface area contributed by atoms with E-state index in [9.17, 15) is 4.79 Å². The Morgan fingerprint density at radius 2 is 1.96 bits per heavy atom. The molecular formula is C21H23N3O3. The van der Waals surface area contributed by atoms with Crippen LogP contribution < -0.4 is 4.90 Å². The molecule has 1 saturated heterocycles. The predicted molar refractivity (Wildman–Crippen MR) is 104 cm³/mol. The number of esters is 1. The number of hydrogen-bond donors (Lipinski definition) is 0. The van der Waals surface area contributed by atoms with Crippen molar-refractivity contribution in [2.45, 2.75) is 13.3 Å². The van der Waals surface area contributed by atoms with Gasteiger partial charge in [-0.15, -0.1) is 0 Å². The van der Waals surface area contributed by atoms with Crippen LogP contribution in [0.1, 0.15) is 12.5 Å². The van der Waals surface area contributed by atoms with Crippen LogP contribution in [0.5, 0.6) is 0 Å². The highest BCUT2D eigenvalue weighted by molar-refractivity contribution is 5.80. The molecule has 2 aromatic carbocycles. The molecule has 1 fully saturated rings. The molecule has 1 aliphatic heterocycles. The lowest BCUT2D eigenvalue weighted by Gasteiger charge is -2.29. The van der Waals surface area contributed by atoms with E-state index in [1.165, 1.54) is 5.69 Å². The molecule has 27 heavy (non-hydrogen) atoms. The van der Waals surface area contributed by atoms with Crippen molar-refractivity contribution in [3.05, 3.63) is 54.4 Å². The smallest absolute Gasteiger partial charge is 0.310 e. The topological polar surface area (TPSA) is 56.6 Å². The third kappa shape index (κ3) is 3.80. The van der Waals surface area contributed by atoms with Gasteiger partial charge < -0.3 is 14.4 Å². The third-order valence-electron chi connectivity index (χ3n) is 4.75. The molecule has 0 N–H and O–H groups in total. The normalized spacial score (nSPS) is 14.5. The zero-order valence-corrected chi connectivity index (χ0v) is 15.4. The van der Waals surface area contributed by atoms with Crippen LogP contribution >= 0.6 is 0 Å². The number of benzene rings is 2. The standard InChI is InChI=1S/C21H23N3O3/c1-2-27-21(25)13-16-6-7-20-19(12-16)22-15-24(20)18-5-3-4-17(14-18)23-8-10-26-11-9-23/h3-7,12,14-15H,2,8-11,13H2,1H3. The summed E-state index contributed by atoms with van der Waals surface area (Å²) < 4.78 is 12.5. The second kappa shape index (κ2) is 7.80. The highest BCUT2D eigenvalue weighted by Crippen LogP contribution is 2.24. The second-order valence-electron chi connectivity index (χ2n) is 6.54. The van der Waals surface area contributed by atoms with E-state index in [4.69, 9.17) is 9.47 Å². The van der Waals surface area contributed by atoms with Crippen LogP contribution in [-0.4, -0.2) is 48.4 Å². The van der Waals surface area contributed by atoms with Crippen molar-refractivity contribution in [1.82, 2.24) is 9.55 Å². The minimum Gasteiger partial charge on any atom is -0.466 e. The fourth-order valence-electron chi connectivity index (χ4n) is 3.41. The summed E-state index contributed by atoms with van der Waals surface area (Å²) in [5, 5.41) is 0. The average Bonchev–Trinajstić information content (AvgIpc) is 3.12. The first-order chi connectivity index (χ1) is 13.2. The molecule has 0 bridgehead atoms. The maximum Gasteiger partial charge on any atom is 0.310 e. The van der Waals surface area contributed by atoms with Gasteiger partial charge >= 0.3 is 5.97 Å². The van der Waals surface area contributed by atoms with Gasteiger partial charge in [-0.1, -0.05) is 12.1 Å². The van der Waals surface area contributed by atoms with Gasteiger partial charge in [0.2, 0.25) is 0 Å². The Bertz CT molecular complexity index is 945. The van der Waals surface area contributed by atoms with E-state index in [1.54, 1.807) is 0 Å². The van der Waals surface area contributed by atoms with Crippen LogP contribution in [0.3, 0.4) is 0 Å². The number of fused-ring (bicyclic) bond motifs is 1. The molecule has 0 spiro atoms. The van der Waals surface area contributed by atoms with Crippen LogP contribution in [0.25, 0.3) is 16.7 Å². The SMILES string of the molecule is CCOC(=O)Cc1ccc2c(c1)ncn2-c1cccc(N2CCOCC2)c1. The van der Waals surface area contributed by atoms with Crippen molar-refractivity contribution < 1.29 is 14.3 Å². The Hall–Kier alpha value is -2.86. The van der Waals surface area contributed by atoms with E-state index in [2.05, 4.69) is 38.7 Å². The molecule has 6 nitrogen and oxygen atoms in total. The molecule has 0 atom stereocenters. The summed E-state index contributed by atoms with van der Waals surface area (Å²) in [6.07, 6.45) is 2.10. The molecule has 0 amide bonds. The average molecular weight is 365 g/mol. The summed E-state index contributed by atoms with van der Waals surface area (Å²) >= 11 is 0. The summed E-state index contributed by atoms with van der Waals surface area (Å²) in [5.41, 5.74) is 5.06. The summed E-state index contributed by atoms with van der Waals surface area (Å²) in [7, 11) is 0. The van der Waals surface area contributed by atoms with Crippen LogP contribution in [0, 0.1) is 0 Å². The van der Waals surface area contributed by atoms with Gasteiger partial charge in [-0.05, 0) is 42.8 Å². The number of carbonyl (C=O) groups is 1. The van der Waals surface area contributed by atoms with E-state index in [1.807, 2.05) is 31.5 Å². The minimum absolute atomic E-state index is 0.213. The van der Waals surface area contributed by atoms with Gasteiger partial charge in [0.25, 0.3) is 0 Å². The van der Waals surface area contributed by atoms with E-state index in [0.29, 0.717) is 6.61 Å². The van der Waals surface area contributed by atoms with Crippen LogP contribution in [0.2, 0.25) is 0 Å². The number of imidazole rings is 1. The Morgan fingerprint density at radius 3 is 2.78 bits per heavy atom. The van der Waals surface area contributed by atoms with Crippen molar-refractivity contribution in [2.75, 3.05) is 37.8 Å². The molecule has 1 aromatic heterocycles. The highest BCUT2D eigenvalue weighted by atomic mass is 16.5. The Balaban J connectivity index is 1.61. The Kier molecular flexibility index (Phi) is 5.07. The lowest BCUT2D eigenvalue weighted by atomic mass is 10.1. The fourth-order valence-corrected chi connectivity index (χ4v) is 3.41. The van der Waals surface area contributed by atoms with Gasteiger partial charge in [0.1, 0.15) is 6.33 Å². The second-order valence-corrected chi connectivity index (χ2v) is 6.54. The summed E-state index contributed by atoms with van der Waals surface area (Å²) in [6.45, 7) is 5.56. The minimum atomic E-state index is -0.213. The molecule has 3 aromatic rings. The van der Waals surface area contributed by atoms with Crippen LogP contribution in [0.15, 0.2) is 48.8 Å². The summed E-state index contributed by atoms with van der Waals surface area (Å²) in [4.78, 5) is 18.6. The van der Waals surface area contributed by atoms with Gasteiger partial charge in [-0.2, -0.15) is 0 Å². The van der Waals surface area contributed by atoms with Crippen molar-refractivity contribution in [1.29, 1.82) is 0 Å². The largest absolute Gasteiger partial charge is 0.466 e. The zero-order chi connectivity index (χ0) is 18.6.